The van der Waals surface area contributed by atoms with Gasteiger partial charge in [-0.3, -0.25) is 4.90 Å². The van der Waals surface area contributed by atoms with E-state index in [-0.39, 0.29) is 17.3 Å². The van der Waals surface area contributed by atoms with Gasteiger partial charge in [0.2, 0.25) is 16.8 Å². The summed E-state index contributed by atoms with van der Waals surface area (Å²) in [4.78, 5) is 2.32. The standard InChI is InChI=1S/C20H21N3O5S/c1-26-18-5-3-17(11-16(18)12-21)29(24,25)23-8-6-22(7-9-23)13-15-2-4-19-20(10-15)28-14-27-19/h2-5,10-11H,6-9,13-14H2,1H3. The van der Waals surface area contributed by atoms with Crippen molar-refractivity contribution >= 4 is 10.0 Å². The molecule has 2 aliphatic rings. The summed E-state index contributed by atoms with van der Waals surface area (Å²) in [6.45, 7) is 2.98. The van der Waals surface area contributed by atoms with E-state index in [9.17, 15) is 13.7 Å². The summed E-state index contributed by atoms with van der Waals surface area (Å²) in [5, 5.41) is 9.22. The smallest absolute Gasteiger partial charge is 0.243 e. The molecule has 0 saturated carbocycles. The van der Waals surface area contributed by atoms with E-state index in [2.05, 4.69) is 4.90 Å². The molecule has 2 heterocycles. The van der Waals surface area contributed by atoms with Crippen molar-refractivity contribution in [2.24, 2.45) is 0 Å². The van der Waals surface area contributed by atoms with Gasteiger partial charge in [0, 0.05) is 32.7 Å². The van der Waals surface area contributed by atoms with Crippen LogP contribution < -0.4 is 14.2 Å². The zero-order valence-electron chi connectivity index (χ0n) is 16.0. The maximum atomic E-state index is 13.0. The fraction of sp³-hybridized carbons (Fsp3) is 0.350. The molecule has 0 bridgehead atoms. The third-order valence-electron chi connectivity index (χ3n) is 5.10. The summed E-state index contributed by atoms with van der Waals surface area (Å²) in [6.07, 6.45) is 0. The first-order chi connectivity index (χ1) is 14.0. The van der Waals surface area contributed by atoms with Crippen LogP contribution >= 0.6 is 0 Å². The third kappa shape index (κ3) is 3.87. The molecule has 4 rings (SSSR count). The molecule has 1 saturated heterocycles. The Morgan fingerprint density at radius 1 is 1.07 bits per heavy atom. The average Bonchev–Trinajstić information content (AvgIpc) is 3.21. The van der Waals surface area contributed by atoms with Gasteiger partial charge in [0.05, 0.1) is 17.6 Å². The van der Waals surface area contributed by atoms with Crippen LogP contribution in [0.3, 0.4) is 0 Å². The summed E-state index contributed by atoms with van der Waals surface area (Å²) < 4.78 is 43.3. The molecule has 0 unspecified atom stereocenters. The van der Waals surface area contributed by atoms with Gasteiger partial charge in [-0.2, -0.15) is 9.57 Å². The molecule has 2 aromatic carbocycles. The van der Waals surface area contributed by atoms with Crippen molar-refractivity contribution in [3.63, 3.8) is 0 Å². The first-order valence-electron chi connectivity index (χ1n) is 9.20. The lowest BCUT2D eigenvalue weighted by Gasteiger charge is -2.34. The molecule has 0 atom stereocenters. The van der Waals surface area contributed by atoms with E-state index in [1.54, 1.807) is 0 Å². The van der Waals surface area contributed by atoms with Gasteiger partial charge in [0.15, 0.2) is 11.5 Å². The molecule has 0 spiro atoms. The van der Waals surface area contributed by atoms with E-state index in [1.165, 1.54) is 29.6 Å². The number of methoxy groups -OCH3 is 1. The van der Waals surface area contributed by atoms with E-state index in [0.29, 0.717) is 38.5 Å². The minimum absolute atomic E-state index is 0.110. The molecular formula is C20H21N3O5S. The van der Waals surface area contributed by atoms with Gasteiger partial charge in [-0.1, -0.05) is 6.07 Å². The number of rotatable bonds is 5. The minimum Gasteiger partial charge on any atom is -0.495 e. The van der Waals surface area contributed by atoms with Crippen molar-refractivity contribution in [3.8, 4) is 23.3 Å². The summed E-state index contributed by atoms with van der Waals surface area (Å²) in [5.74, 6) is 1.86. The van der Waals surface area contributed by atoms with Crippen molar-refractivity contribution in [2.45, 2.75) is 11.4 Å². The molecule has 9 heteroatoms. The van der Waals surface area contributed by atoms with E-state index < -0.39 is 10.0 Å². The summed E-state index contributed by atoms with van der Waals surface area (Å²) in [6, 6.07) is 12.2. The van der Waals surface area contributed by atoms with Crippen LogP contribution in [0, 0.1) is 11.3 Å². The second-order valence-corrected chi connectivity index (χ2v) is 8.78. The summed E-state index contributed by atoms with van der Waals surface area (Å²) in [5.41, 5.74) is 1.30. The molecular weight excluding hydrogens is 394 g/mol. The van der Waals surface area contributed by atoms with Crippen LogP contribution in [0.5, 0.6) is 17.2 Å². The first kappa shape index (κ1) is 19.5. The number of nitriles is 1. The van der Waals surface area contributed by atoms with Crippen LogP contribution in [-0.4, -0.2) is 57.7 Å². The number of hydrogen-bond donors (Lipinski definition) is 0. The fourth-order valence-corrected chi connectivity index (χ4v) is 4.96. The molecule has 0 radical (unpaired) electrons. The number of fused-ring (bicyclic) bond motifs is 1. The van der Waals surface area contributed by atoms with Crippen LogP contribution in [0.15, 0.2) is 41.3 Å². The van der Waals surface area contributed by atoms with Gasteiger partial charge in [-0.15, -0.1) is 0 Å². The van der Waals surface area contributed by atoms with E-state index in [0.717, 1.165) is 17.1 Å². The highest BCUT2D eigenvalue weighted by Crippen LogP contribution is 2.33. The Bertz CT molecular complexity index is 1060. The van der Waals surface area contributed by atoms with Crippen molar-refractivity contribution in [2.75, 3.05) is 40.1 Å². The molecule has 152 valence electrons. The van der Waals surface area contributed by atoms with Gasteiger partial charge >= 0.3 is 0 Å². The van der Waals surface area contributed by atoms with Crippen molar-refractivity contribution < 1.29 is 22.6 Å². The molecule has 0 aliphatic carbocycles. The van der Waals surface area contributed by atoms with E-state index in [4.69, 9.17) is 14.2 Å². The Hall–Kier alpha value is -2.80. The molecule has 0 N–H and O–H groups in total. The third-order valence-corrected chi connectivity index (χ3v) is 7.00. The maximum Gasteiger partial charge on any atom is 0.243 e. The summed E-state index contributed by atoms with van der Waals surface area (Å²) >= 11 is 0. The van der Waals surface area contributed by atoms with Crippen LogP contribution in [0.2, 0.25) is 0 Å². The zero-order chi connectivity index (χ0) is 20.4. The highest BCUT2D eigenvalue weighted by atomic mass is 32.2. The lowest BCUT2D eigenvalue weighted by Crippen LogP contribution is -2.48. The lowest BCUT2D eigenvalue weighted by atomic mass is 10.2. The topological polar surface area (TPSA) is 92.1 Å². The highest BCUT2D eigenvalue weighted by Gasteiger charge is 2.29. The number of hydrogen-bond acceptors (Lipinski definition) is 7. The van der Waals surface area contributed by atoms with Gasteiger partial charge < -0.3 is 14.2 Å². The van der Waals surface area contributed by atoms with Crippen LogP contribution in [0.4, 0.5) is 0 Å². The maximum absolute atomic E-state index is 13.0. The van der Waals surface area contributed by atoms with Crippen LogP contribution in [0.25, 0.3) is 0 Å². The fourth-order valence-electron chi connectivity index (χ4n) is 3.51. The molecule has 2 aliphatic heterocycles. The van der Waals surface area contributed by atoms with Gasteiger partial charge in [-0.05, 0) is 35.9 Å². The molecule has 29 heavy (non-hydrogen) atoms. The Labute approximate surface area is 169 Å². The van der Waals surface area contributed by atoms with Gasteiger partial charge in [-0.25, -0.2) is 8.42 Å². The Morgan fingerprint density at radius 2 is 1.83 bits per heavy atom. The largest absolute Gasteiger partial charge is 0.495 e. The highest BCUT2D eigenvalue weighted by molar-refractivity contribution is 7.89. The molecule has 0 amide bonds. The number of nitrogens with zero attached hydrogens (tertiary/aromatic N) is 3. The normalized spacial score (nSPS) is 17.1. The number of sulfonamides is 1. The SMILES string of the molecule is COc1ccc(S(=O)(=O)N2CCN(Cc3ccc4c(c3)OCO4)CC2)cc1C#N. The Kier molecular flexibility index (Phi) is 5.32. The summed E-state index contributed by atoms with van der Waals surface area (Å²) in [7, 11) is -2.21. The van der Waals surface area contributed by atoms with E-state index in [1.807, 2.05) is 24.3 Å². The minimum atomic E-state index is -3.66. The quantitative estimate of drug-likeness (QED) is 0.735. The predicted octanol–water partition coefficient (Wildman–Crippen LogP) is 1.80. The molecule has 2 aromatic rings. The number of ether oxygens (including phenoxy) is 3. The second-order valence-electron chi connectivity index (χ2n) is 6.84. The van der Waals surface area contributed by atoms with Crippen LogP contribution in [0.1, 0.15) is 11.1 Å². The number of piperazine rings is 1. The first-order valence-corrected chi connectivity index (χ1v) is 10.6. The van der Waals surface area contributed by atoms with Gasteiger partial charge in [0.25, 0.3) is 0 Å². The van der Waals surface area contributed by atoms with Crippen molar-refractivity contribution in [1.29, 1.82) is 5.26 Å². The lowest BCUT2D eigenvalue weighted by molar-refractivity contribution is 0.173. The molecule has 8 nitrogen and oxygen atoms in total. The van der Waals surface area contributed by atoms with Crippen molar-refractivity contribution in [3.05, 3.63) is 47.5 Å². The monoisotopic (exact) mass is 415 g/mol. The Balaban J connectivity index is 1.42. The van der Waals surface area contributed by atoms with E-state index >= 15 is 0 Å². The van der Waals surface area contributed by atoms with Crippen LogP contribution in [-0.2, 0) is 16.6 Å². The molecule has 0 aromatic heterocycles. The van der Waals surface area contributed by atoms with Crippen molar-refractivity contribution in [1.82, 2.24) is 9.21 Å². The second kappa shape index (κ2) is 7.91. The Morgan fingerprint density at radius 3 is 2.55 bits per heavy atom. The average molecular weight is 415 g/mol. The molecule has 1 fully saturated rings. The zero-order valence-corrected chi connectivity index (χ0v) is 16.8. The predicted molar refractivity (Wildman–Crippen MR) is 104 cm³/mol. The number of benzene rings is 2. The van der Waals surface area contributed by atoms with Gasteiger partial charge in [0.1, 0.15) is 11.8 Å².